The van der Waals surface area contributed by atoms with Crippen molar-refractivity contribution in [3.63, 3.8) is 0 Å². The van der Waals surface area contributed by atoms with Crippen LogP contribution in [0.1, 0.15) is 69.3 Å². The summed E-state index contributed by atoms with van der Waals surface area (Å²) in [5, 5.41) is 12.4. The molecular formula is C25H33NO4. The van der Waals surface area contributed by atoms with Gasteiger partial charge in [-0.2, -0.15) is 0 Å². The third kappa shape index (κ3) is 6.68. The summed E-state index contributed by atoms with van der Waals surface area (Å²) in [6.07, 6.45) is 11.6. The minimum absolute atomic E-state index is 0.114. The zero-order valence-electron chi connectivity index (χ0n) is 18.6. The molecule has 5 heteroatoms. The van der Waals surface area contributed by atoms with E-state index in [1.165, 1.54) is 0 Å². The van der Waals surface area contributed by atoms with E-state index in [-0.39, 0.29) is 16.4 Å². The molecule has 1 aromatic carbocycles. The summed E-state index contributed by atoms with van der Waals surface area (Å²) in [5.41, 5.74) is 2.06. The normalized spacial score (nSPS) is 20.0. The highest BCUT2D eigenvalue weighted by Gasteiger charge is 2.27. The van der Waals surface area contributed by atoms with Gasteiger partial charge in [-0.3, -0.25) is 0 Å². The standard InChI is InChI=1S/C25H33NO4/c1-24(2)14-12-20(22(30-5)13-15-25(3,4)17-16-24)21(26-29)11-8-18-6-9-19(10-7-18)23(27)28/h6-13,21H,14-17H2,1-5H3,(H,27,28). The van der Waals surface area contributed by atoms with E-state index in [2.05, 4.69) is 45.0 Å². The van der Waals surface area contributed by atoms with Crippen LogP contribution < -0.4 is 0 Å². The summed E-state index contributed by atoms with van der Waals surface area (Å²) in [7, 11) is 1.62. The molecule has 0 aromatic heterocycles. The van der Waals surface area contributed by atoms with Crippen LogP contribution >= 0.6 is 0 Å². The molecule has 1 aliphatic rings. The van der Waals surface area contributed by atoms with E-state index in [0.717, 1.165) is 36.8 Å². The Bertz CT molecular complexity index is 844. The molecule has 0 radical (unpaired) electrons. The predicted octanol–water partition coefficient (Wildman–Crippen LogP) is 6.62. The van der Waals surface area contributed by atoms with Gasteiger partial charge in [0.2, 0.25) is 0 Å². The number of benzene rings is 1. The fourth-order valence-corrected chi connectivity index (χ4v) is 3.46. The van der Waals surface area contributed by atoms with Gasteiger partial charge in [0.15, 0.2) is 0 Å². The van der Waals surface area contributed by atoms with Gasteiger partial charge in [-0.05, 0) is 60.3 Å². The number of allylic oxidation sites excluding steroid dienone is 2. The lowest BCUT2D eigenvalue weighted by atomic mass is 9.74. The van der Waals surface area contributed by atoms with Crippen molar-refractivity contribution in [1.29, 1.82) is 0 Å². The Morgan fingerprint density at radius 3 is 2.13 bits per heavy atom. The maximum Gasteiger partial charge on any atom is 0.335 e. The molecule has 0 heterocycles. The van der Waals surface area contributed by atoms with Crippen molar-refractivity contribution in [3.8, 4) is 0 Å². The topological polar surface area (TPSA) is 76.0 Å². The summed E-state index contributed by atoms with van der Waals surface area (Å²) < 4.78 is 5.67. The van der Waals surface area contributed by atoms with Crippen LogP contribution in [0.4, 0.5) is 0 Å². The Balaban J connectivity index is 2.37. The lowest BCUT2D eigenvalue weighted by Gasteiger charge is -2.32. The van der Waals surface area contributed by atoms with Gasteiger partial charge >= 0.3 is 5.97 Å². The van der Waals surface area contributed by atoms with Crippen LogP contribution in [0.15, 0.2) is 59.0 Å². The Morgan fingerprint density at radius 2 is 1.63 bits per heavy atom. The maximum absolute atomic E-state index is 11.8. The zero-order chi connectivity index (χ0) is 22.4. The van der Waals surface area contributed by atoms with Gasteiger partial charge in [-0.25, -0.2) is 4.79 Å². The first-order valence-corrected chi connectivity index (χ1v) is 10.4. The summed E-state index contributed by atoms with van der Waals surface area (Å²) in [6, 6.07) is 5.82. The molecular weight excluding hydrogens is 378 g/mol. The number of nitrogens with zero attached hydrogens (tertiary/aromatic N) is 1. The van der Waals surface area contributed by atoms with Crippen molar-refractivity contribution < 1.29 is 14.6 Å². The van der Waals surface area contributed by atoms with E-state index in [0.29, 0.717) is 5.76 Å². The number of ether oxygens (including phenoxy) is 1. The molecule has 0 fully saturated rings. The van der Waals surface area contributed by atoms with Crippen LogP contribution in [0.2, 0.25) is 0 Å². The molecule has 1 unspecified atom stereocenters. The van der Waals surface area contributed by atoms with Gasteiger partial charge in [0, 0.05) is 5.57 Å². The van der Waals surface area contributed by atoms with Crippen molar-refractivity contribution in [2.45, 2.75) is 59.4 Å². The third-order valence-electron chi connectivity index (χ3n) is 5.76. The fraction of sp³-hybridized carbons (Fsp3) is 0.480. The molecule has 1 aliphatic carbocycles. The van der Waals surface area contributed by atoms with Crippen molar-refractivity contribution in [2.75, 3.05) is 7.11 Å². The van der Waals surface area contributed by atoms with Crippen molar-refractivity contribution in [1.82, 2.24) is 0 Å². The van der Waals surface area contributed by atoms with Crippen LogP contribution in [0.3, 0.4) is 0 Å². The van der Waals surface area contributed by atoms with Crippen molar-refractivity contribution in [3.05, 3.63) is 69.9 Å². The van der Waals surface area contributed by atoms with E-state index < -0.39 is 12.0 Å². The number of hydrogen-bond acceptors (Lipinski definition) is 4. The summed E-state index contributed by atoms with van der Waals surface area (Å²) in [4.78, 5) is 22.8. The summed E-state index contributed by atoms with van der Waals surface area (Å²) in [6.45, 7) is 9.01. The molecule has 0 aliphatic heterocycles. The zero-order valence-corrected chi connectivity index (χ0v) is 18.6. The monoisotopic (exact) mass is 411 g/mol. The molecule has 0 spiro atoms. The first-order chi connectivity index (χ1) is 14.1. The van der Waals surface area contributed by atoms with Crippen LogP contribution in [0, 0.1) is 15.7 Å². The van der Waals surface area contributed by atoms with E-state index in [9.17, 15) is 9.70 Å². The smallest absolute Gasteiger partial charge is 0.335 e. The number of nitroso groups, excluding NO2 is 1. The summed E-state index contributed by atoms with van der Waals surface area (Å²) in [5.74, 6) is -0.277. The van der Waals surface area contributed by atoms with Gasteiger partial charge in [-0.15, -0.1) is 4.91 Å². The Kier molecular flexibility index (Phi) is 7.77. The van der Waals surface area contributed by atoms with Crippen LogP contribution in [-0.2, 0) is 4.74 Å². The van der Waals surface area contributed by atoms with E-state index in [1.54, 1.807) is 43.5 Å². The second-order valence-electron chi connectivity index (χ2n) is 9.51. The number of rotatable bonds is 6. The van der Waals surface area contributed by atoms with Gasteiger partial charge in [0.05, 0.1) is 12.7 Å². The number of carboxylic acid groups (broad SMARTS) is 1. The van der Waals surface area contributed by atoms with Crippen molar-refractivity contribution in [2.24, 2.45) is 16.0 Å². The quantitative estimate of drug-likeness (QED) is 0.534. The third-order valence-corrected chi connectivity index (χ3v) is 5.76. The minimum atomic E-state index is -0.968. The van der Waals surface area contributed by atoms with Crippen LogP contribution in [0.25, 0.3) is 6.08 Å². The second-order valence-corrected chi connectivity index (χ2v) is 9.51. The molecule has 5 nitrogen and oxygen atoms in total. The molecule has 30 heavy (non-hydrogen) atoms. The van der Waals surface area contributed by atoms with E-state index >= 15 is 0 Å². The van der Waals surface area contributed by atoms with Gasteiger partial charge in [0.25, 0.3) is 0 Å². The van der Waals surface area contributed by atoms with Gasteiger partial charge in [-0.1, -0.05) is 63.2 Å². The molecule has 1 aromatic rings. The van der Waals surface area contributed by atoms with Crippen molar-refractivity contribution >= 4 is 12.0 Å². The Hall–Kier alpha value is -2.69. The van der Waals surface area contributed by atoms with Crippen LogP contribution in [0.5, 0.6) is 0 Å². The fourth-order valence-electron chi connectivity index (χ4n) is 3.46. The number of methoxy groups -OCH3 is 1. The highest BCUT2D eigenvalue weighted by atomic mass is 16.5. The van der Waals surface area contributed by atoms with Crippen LogP contribution in [-0.4, -0.2) is 24.2 Å². The Labute approximate surface area is 179 Å². The van der Waals surface area contributed by atoms with E-state index in [4.69, 9.17) is 9.84 Å². The largest absolute Gasteiger partial charge is 0.497 e. The average Bonchev–Trinajstić information content (AvgIpc) is 2.70. The molecule has 1 N–H and O–H groups in total. The Morgan fingerprint density at radius 1 is 1.07 bits per heavy atom. The summed E-state index contributed by atoms with van der Waals surface area (Å²) >= 11 is 0. The second kappa shape index (κ2) is 9.88. The first-order valence-electron chi connectivity index (χ1n) is 10.4. The highest BCUT2D eigenvalue weighted by molar-refractivity contribution is 5.87. The molecule has 1 atom stereocenters. The number of hydrogen-bond donors (Lipinski definition) is 1. The first kappa shape index (κ1) is 23.6. The van der Waals surface area contributed by atoms with E-state index in [1.807, 2.05) is 0 Å². The molecule has 0 bridgehead atoms. The molecule has 0 saturated heterocycles. The SMILES string of the molecule is COC1=CCC(C)(C)CCC(C)(C)CC=C1C(C=Cc1ccc(C(=O)O)cc1)N=O. The maximum atomic E-state index is 11.8. The molecule has 0 amide bonds. The molecule has 0 saturated carbocycles. The number of carbonyl (C=O) groups is 1. The molecule has 2 rings (SSSR count). The number of aromatic carboxylic acids is 1. The minimum Gasteiger partial charge on any atom is -0.497 e. The highest BCUT2D eigenvalue weighted by Crippen LogP contribution is 2.38. The van der Waals surface area contributed by atoms with Gasteiger partial charge < -0.3 is 9.84 Å². The predicted molar refractivity (Wildman–Crippen MR) is 121 cm³/mol. The van der Waals surface area contributed by atoms with Gasteiger partial charge in [0.1, 0.15) is 11.8 Å². The average molecular weight is 412 g/mol. The lowest BCUT2D eigenvalue weighted by molar-refractivity contribution is 0.0697. The lowest BCUT2D eigenvalue weighted by Crippen LogP contribution is -2.20. The molecule has 162 valence electrons. The number of carboxylic acids is 1.